The summed E-state index contributed by atoms with van der Waals surface area (Å²) in [5.41, 5.74) is -0.501. The maximum absolute atomic E-state index is 12.3. The largest absolute Gasteiger partial charge is 0.480 e. The lowest BCUT2D eigenvalue weighted by atomic mass is 9.87. The predicted octanol–water partition coefficient (Wildman–Crippen LogP) is 2.46. The minimum atomic E-state index is -0.981. The van der Waals surface area contributed by atoms with Crippen molar-refractivity contribution in [3.05, 3.63) is 0 Å². The van der Waals surface area contributed by atoms with E-state index in [0.717, 1.165) is 32.2 Å². The number of carboxylic acid groups (broad SMARTS) is 1. The Hall–Kier alpha value is -1.26. The Morgan fingerprint density at radius 1 is 1.37 bits per heavy atom. The number of carboxylic acids is 1. The lowest BCUT2D eigenvalue weighted by Gasteiger charge is -2.37. The molecule has 2 amide bonds. The van der Waals surface area contributed by atoms with Gasteiger partial charge in [0.15, 0.2) is 0 Å². The fraction of sp³-hybridized carbons (Fsp3) is 0.857. The number of nitrogens with zero attached hydrogens (tertiary/aromatic N) is 1. The second-order valence-corrected chi connectivity index (χ2v) is 6.34. The van der Waals surface area contributed by atoms with Crippen LogP contribution in [-0.4, -0.2) is 40.6 Å². The number of likely N-dealkylation sites (tertiary alicyclic amines) is 1. The molecule has 1 rings (SSSR count). The van der Waals surface area contributed by atoms with Crippen molar-refractivity contribution in [1.29, 1.82) is 0 Å². The van der Waals surface area contributed by atoms with E-state index in [2.05, 4.69) is 12.2 Å². The van der Waals surface area contributed by atoms with Crippen molar-refractivity contribution in [3.8, 4) is 0 Å². The van der Waals surface area contributed by atoms with Crippen LogP contribution in [0.2, 0.25) is 0 Å². The van der Waals surface area contributed by atoms with Crippen molar-refractivity contribution in [1.82, 2.24) is 10.2 Å². The number of hydrogen-bond acceptors (Lipinski definition) is 2. The Morgan fingerprint density at radius 2 is 2.00 bits per heavy atom. The van der Waals surface area contributed by atoms with E-state index < -0.39 is 17.4 Å². The minimum Gasteiger partial charge on any atom is -0.480 e. The zero-order valence-corrected chi connectivity index (χ0v) is 12.4. The van der Waals surface area contributed by atoms with Crippen molar-refractivity contribution < 1.29 is 14.7 Å². The van der Waals surface area contributed by atoms with Gasteiger partial charge < -0.3 is 15.3 Å². The summed E-state index contributed by atoms with van der Waals surface area (Å²) in [7, 11) is 0. The number of carbonyl (C=O) groups excluding carboxylic acids is 1. The van der Waals surface area contributed by atoms with Crippen LogP contribution in [0.5, 0.6) is 0 Å². The van der Waals surface area contributed by atoms with Gasteiger partial charge in [0, 0.05) is 12.6 Å². The smallest absolute Gasteiger partial charge is 0.326 e. The number of carbonyl (C=O) groups is 2. The molecule has 0 radical (unpaired) electrons. The molecule has 0 aromatic rings. The van der Waals surface area contributed by atoms with Gasteiger partial charge in [0.05, 0.1) is 0 Å². The van der Waals surface area contributed by atoms with Crippen LogP contribution in [0.4, 0.5) is 4.79 Å². The first-order valence-electron chi connectivity index (χ1n) is 7.07. The van der Waals surface area contributed by atoms with E-state index in [-0.39, 0.29) is 12.1 Å². The Bertz CT molecular complexity index is 336. The van der Waals surface area contributed by atoms with Crippen molar-refractivity contribution in [3.63, 3.8) is 0 Å². The van der Waals surface area contributed by atoms with Crippen LogP contribution in [-0.2, 0) is 4.79 Å². The maximum Gasteiger partial charge on any atom is 0.326 e. The van der Waals surface area contributed by atoms with Crippen molar-refractivity contribution in [2.24, 2.45) is 5.41 Å². The second kappa shape index (κ2) is 6.26. The first-order valence-corrected chi connectivity index (χ1v) is 7.07. The van der Waals surface area contributed by atoms with Gasteiger partial charge in [0.25, 0.3) is 0 Å². The number of aliphatic carboxylic acids is 1. The van der Waals surface area contributed by atoms with E-state index in [1.165, 1.54) is 0 Å². The molecule has 5 heteroatoms. The lowest BCUT2D eigenvalue weighted by Crippen LogP contribution is -2.56. The first-order chi connectivity index (χ1) is 8.77. The molecule has 2 unspecified atom stereocenters. The average molecular weight is 270 g/mol. The fourth-order valence-corrected chi connectivity index (χ4v) is 2.55. The van der Waals surface area contributed by atoms with Gasteiger partial charge in [-0.15, -0.1) is 0 Å². The quantitative estimate of drug-likeness (QED) is 0.827. The van der Waals surface area contributed by atoms with Crippen LogP contribution in [0.15, 0.2) is 0 Å². The number of urea groups is 1. The average Bonchev–Trinajstić information content (AvgIpc) is 2.33. The summed E-state index contributed by atoms with van der Waals surface area (Å²) in [5.74, 6) is -0.981. The zero-order valence-electron chi connectivity index (χ0n) is 12.4. The fourth-order valence-electron chi connectivity index (χ4n) is 2.55. The van der Waals surface area contributed by atoms with Gasteiger partial charge in [-0.05, 0) is 31.1 Å². The van der Waals surface area contributed by atoms with Gasteiger partial charge in [0.1, 0.15) is 6.04 Å². The third-order valence-corrected chi connectivity index (χ3v) is 3.74. The predicted molar refractivity (Wildman–Crippen MR) is 74.0 cm³/mol. The third kappa shape index (κ3) is 4.11. The SMILES string of the molecule is CCC1CCCCN1C(=O)NC(C(=O)O)C(C)(C)C. The van der Waals surface area contributed by atoms with Crippen LogP contribution in [0.3, 0.4) is 0 Å². The van der Waals surface area contributed by atoms with E-state index in [9.17, 15) is 14.7 Å². The van der Waals surface area contributed by atoms with Crippen LogP contribution >= 0.6 is 0 Å². The molecular formula is C14H26N2O3. The van der Waals surface area contributed by atoms with Crippen LogP contribution in [0.1, 0.15) is 53.4 Å². The lowest BCUT2D eigenvalue weighted by molar-refractivity contribution is -0.142. The normalized spacial score (nSPS) is 21.9. The molecule has 0 spiro atoms. The maximum atomic E-state index is 12.3. The first kappa shape index (κ1) is 15.8. The highest BCUT2D eigenvalue weighted by Gasteiger charge is 2.35. The summed E-state index contributed by atoms with van der Waals surface area (Å²) in [6.07, 6.45) is 4.07. The van der Waals surface area contributed by atoms with Gasteiger partial charge in [-0.3, -0.25) is 0 Å². The Labute approximate surface area is 115 Å². The summed E-state index contributed by atoms with van der Waals surface area (Å²) in [4.78, 5) is 25.4. The van der Waals surface area contributed by atoms with Gasteiger partial charge in [-0.25, -0.2) is 9.59 Å². The van der Waals surface area contributed by atoms with Gasteiger partial charge >= 0.3 is 12.0 Å². The summed E-state index contributed by atoms with van der Waals surface area (Å²) < 4.78 is 0. The molecule has 0 aliphatic carbocycles. The van der Waals surface area contributed by atoms with E-state index in [1.54, 1.807) is 4.90 Å². The van der Waals surface area contributed by atoms with Crippen LogP contribution < -0.4 is 5.32 Å². The Balaban J connectivity index is 2.73. The Kier molecular flexibility index (Phi) is 5.20. The van der Waals surface area contributed by atoms with Gasteiger partial charge in [-0.1, -0.05) is 27.7 Å². The monoisotopic (exact) mass is 270 g/mol. The molecule has 1 aliphatic heterocycles. The Morgan fingerprint density at radius 3 is 2.47 bits per heavy atom. The van der Waals surface area contributed by atoms with Gasteiger partial charge in [-0.2, -0.15) is 0 Å². The van der Waals surface area contributed by atoms with Crippen molar-refractivity contribution >= 4 is 12.0 Å². The topological polar surface area (TPSA) is 69.6 Å². The molecule has 110 valence electrons. The highest BCUT2D eigenvalue weighted by molar-refractivity contribution is 5.83. The molecule has 2 atom stereocenters. The number of hydrogen-bond donors (Lipinski definition) is 2. The van der Waals surface area contributed by atoms with Crippen LogP contribution in [0.25, 0.3) is 0 Å². The van der Waals surface area contributed by atoms with Gasteiger partial charge in [0.2, 0.25) is 0 Å². The second-order valence-electron chi connectivity index (χ2n) is 6.34. The molecule has 1 heterocycles. The highest BCUT2D eigenvalue weighted by atomic mass is 16.4. The van der Waals surface area contributed by atoms with Crippen LogP contribution in [0, 0.1) is 5.41 Å². The summed E-state index contributed by atoms with van der Waals surface area (Å²) in [5, 5.41) is 11.9. The number of amides is 2. The summed E-state index contributed by atoms with van der Waals surface area (Å²) in [6, 6.07) is -0.864. The van der Waals surface area contributed by atoms with E-state index >= 15 is 0 Å². The number of nitrogens with one attached hydrogen (secondary N) is 1. The molecule has 5 nitrogen and oxygen atoms in total. The molecule has 1 aliphatic rings. The molecule has 1 saturated heterocycles. The zero-order chi connectivity index (χ0) is 14.6. The van der Waals surface area contributed by atoms with E-state index in [4.69, 9.17) is 0 Å². The van der Waals surface area contributed by atoms with Crippen molar-refractivity contribution in [2.45, 2.75) is 65.5 Å². The molecule has 2 N–H and O–H groups in total. The molecule has 0 bridgehead atoms. The van der Waals surface area contributed by atoms with E-state index in [1.807, 2.05) is 20.8 Å². The minimum absolute atomic E-state index is 0.239. The molecule has 19 heavy (non-hydrogen) atoms. The molecule has 0 saturated carbocycles. The summed E-state index contributed by atoms with van der Waals surface area (Å²) >= 11 is 0. The molecular weight excluding hydrogens is 244 g/mol. The number of piperidine rings is 1. The highest BCUT2D eigenvalue weighted by Crippen LogP contribution is 2.22. The molecule has 0 aromatic heterocycles. The molecule has 0 aromatic carbocycles. The van der Waals surface area contributed by atoms with E-state index in [0.29, 0.717) is 0 Å². The number of rotatable bonds is 3. The van der Waals surface area contributed by atoms with Crippen molar-refractivity contribution in [2.75, 3.05) is 6.54 Å². The third-order valence-electron chi connectivity index (χ3n) is 3.74. The molecule has 1 fully saturated rings. The summed E-state index contributed by atoms with van der Waals surface area (Å²) in [6.45, 7) is 8.24. The standard InChI is InChI=1S/C14H26N2O3/c1-5-10-8-6-7-9-16(10)13(19)15-11(12(17)18)14(2,3)4/h10-11H,5-9H2,1-4H3,(H,15,19)(H,17,18).